The summed E-state index contributed by atoms with van der Waals surface area (Å²) in [6.07, 6.45) is -8.27. The van der Waals surface area contributed by atoms with Gasteiger partial charge in [0.1, 0.15) is 53.2 Å². The number of carbonyl (C=O) groups is 4. The number of hydrogen-bond acceptors (Lipinski definition) is 16. The highest BCUT2D eigenvalue weighted by Gasteiger charge is 2.79. The number of likely N-dealkylation sites (tertiary alicyclic amines) is 1. The maximum atomic E-state index is 15.4. The van der Waals surface area contributed by atoms with Crippen molar-refractivity contribution < 1.29 is 71.7 Å². The molecule has 4 heterocycles. The van der Waals surface area contributed by atoms with Crippen molar-refractivity contribution in [3.63, 3.8) is 0 Å². The van der Waals surface area contributed by atoms with Gasteiger partial charge in [0, 0.05) is 50.4 Å². The Balaban J connectivity index is 1.29. The lowest BCUT2D eigenvalue weighted by Crippen LogP contribution is -2.82. The summed E-state index contributed by atoms with van der Waals surface area (Å²) in [6, 6.07) is 8.83. The molecular weight excluding hydrogens is 862 g/mol. The molecule has 5 fully saturated rings. The molecule has 2 aromatic rings. The molecule has 3 N–H and O–H groups in total. The number of ether oxygens (including phenoxy) is 8. The van der Waals surface area contributed by atoms with Crippen LogP contribution in [0.5, 0.6) is 0 Å². The van der Waals surface area contributed by atoms with Crippen molar-refractivity contribution in [1.29, 1.82) is 0 Å². The number of alkyl carbamates (subject to hydrolysis) is 1. The van der Waals surface area contributed by atoms with Crippen molar-refractivity contribution in [3.8, 4) is 0 Å². The number of rotatable bonds is 11. The predicted molar refractivity (Wildman–Crippen MR) is 230 cm³/mol. The zero-order chi connectivity index (χ0) is 47.7. The Morgan fingerprint density at radius 1 is 1.05 bits per heavy atom. The van der Waals surface area contributed by atoms with Crippen LogP contribution < -0.4 is 5.32 Å². The number of nitrogens with one attached hydrogen (secondary N) is 1. The highest BCUT2D eigenvalue weighted by atomic mass is 19.1. The molecule has 18 heteroatoms. The molecule has 2 saturated carbocycles. The topological polar surface area (TPSA) is 211 Å². The molecule has 3 aliphatic heterocycles. The Bertz CT molecular complexity index is 2230. The first-order valence-corrected chi connectivity index (χ1v) is 22.6. The molecule has 360 valence electrons. The maximum absolute atomic E-state index is 15.4. The molecule has 66 heavy (non-hydrogen) atoms. The smallest absolute Gasteiger partial charge is 0.408 e. The number of aliphatic hydroxyl groups excluding tert-OH is 1. The normalized spacial score (nSPS) is 35.5. The van der Waals surface area contributed by atoms with Crippen LogP contribution in [-0.4, -0.2) is 143 Å². The fourth-order valence-electron chi connectivity index (χ4n) is 11.5. The number of hydrogen-bond donors (Lipinski definition) is 3. The van der Waals surface area contributed by atoms with Gasteiger partial charge in [0.25, 0.3) is 0 Å². The molecule has 8 rings (SSSR count). The largest absolute Gasteiger partial charge is 0.456 e. The average Bonchev–Trinajstić information content (AvgIpc) is 3.64. The fourth-order valence-corrected chi connectivity index (χ4v) is 11.5. The zero-order valence-corrected chi connectivity index (χ0v) is 38.9. The van der Waals surface area contributed by atoms with Gasteiger partial charge in [0.05, 0.1) is 30.3 Å². The third-order valence-corrected chi connectivity index (χ3v) is 14.9. The number of esters is 3. The van der Waals surface area contributed by atoms with Crippen molar-refractivity contribution in [3.05, 3.63) is 76.9 Å². The Hall–Kier alpha value is -4.56. The van der Waals surface area contributed by atoms with Gasteiger partial charge in [0.15, 0.2) is 18.0 Å². The lowest BCUT2D eigenvalue weighted by Gasteiger charge is -2.69. The van der Waals surface area contributed by atoms with Gasteiger partial charge in [-0.1, -0.05) is 39.0 Å². The summed E-state index contributed by atoms with van der Waals surface area (Å²) >= 11 is 0. The summed E-state index contributed by atoms with van der Waals surface area (Å²) in [5.74, 6) is -4.76. The van der Waals surface area contributed by atoms with Crippen LogP contribution in [-0.2, 0) is 47.5 Å². The summed E-state index contributed by atoms with van der Waals surface area (Å²) in [4.78, 5) is 61.7. The number of aliphatic hydroxyl groups is 2. The van der Waals surface area contributed by atoms with Gasteiger partial charge in [-0.25, -0.2) is 18.8 Å². The van der Waals surface area contributed by atoms with E-state index in [4.69, 9.17) is 37.9 Å². The second-order valence-corrected chi connectivity index (χ2v) is 20.3. The number of amides is 1. The average molecular weight is 924 g/mol. The van der Waals surface area contributed by atoms with E-state index in [9.17, 15) is 29.4 Å². The number of fused-ring (bicyclic) bond motifs is 8. The Morgan fingerprint density at radius 2 is 1.76 bits per heavy atom. The molecule has 0 radical (unpaired) electrons. The molecule has 1 amide bonds. The third-order valence-electron chi connectivity index (χ3n) is 14.9. The lowest BCUT2D eigenvalue weighted by atomic mass is 9.44. The van der Waals surface area contributed by atoms with Gasteiger partial charge < -0.3 is 53.4 Å². The third kappa shape index (κ3) is 8.09. The van der Waals surface area contributed by atoms with Gasteiger partial charge in [-0.3, -0.25) is 14.7 Å². The molecule has 3 aliphatic carbocycles. The molecule has 1 aromatic carbocycles. The minimum Gasteiger partial charge on any atom is -0.456 e. The number of halogens is 1. The van der Waals surface area contributed by atoms with E-state index in [0.717, 1.165) is 25.6 Å². The standard InChI is InChI=1S/C48H62FN3O14/c1-25-29(61-42(56)36(54)35(34-28(49)17-13-18-50-34)51-43(57)66-44(3,4)5)22-48(58)40(64-41(55)27-15-11-10-12-16-27)38-46(8,30(59-9)21-31-47(38,24-60-31)65-26(2)53)39-37(33(25)45(48,6)7)62-32(63-39)23-52-19-14-20-52/h10-13,15-18,29-32,35-40,54,58H,14,19-24H2,1-9H3,(H,51,57)/t29-,30-,31+,32+,35-,36+,37+,38-,39+,40-,46+,47-,48+/m0/s1. The van der Waals surface area contributed by atoms with Crippen LogP contribution in [0.1, 0.15) is 96.7 Å². The number of carbonyl (C=O) groups excluding carboxylic acids is 4. The lowest BCUT2D eigenvalue weighted by molar-refractivity contribution is -0.363. The number of benzene rings is 1. The molecule has 2 bridgehead atoms. The van der Waals surface area contributed by atoms with Crippen LogP contribution in [0.3, 0.4) is 0 Å². The van der Waals surface area contributed by atoms with E-state index >= 15 is 4.39 Å². The van der Waals surface area contributed by atoms with Crippen LogP contribution in [0.25, 0.3) is 0 Å². The van der Waals surface area contributed by atoms with E-state index in [1.807, 2.05) is 6.92 Å². The van der Waals surface area contributed by atoms with Gasteiger partial charge in [-0.2, -0.15) is 0 Å². The van der Waals surface area contributed by atoms with Gasteiger partial charge in [-0.15, -0.1) is 0 Å². The Kier molecular flexibility index (Phi) is 12.7. The number of pyridine rings is 1. The minimum atomic E-state index is -2.26. The maximum Gasteiger partial charge on any atom is 0.408 e. The number of nitrogens with zero attached hydrogens (tertiary/aromatic N) is 2. The van der Waals surface area contributed by atoms with E-state index in [-0.39, 0.29) is 18.6 Å². The fraction of sp³-hybridized carbons (Fsp3) is 0.646. The summed E-state index contributed by atoms with van der Waals surface area (Å²) in [5.41, 5.74) is -6.65. The van der Waals surface area contributed by atoms with E-state index in [1.54, 1.807) is 79.0 Å². The zero-order valence-electron chi connectivity index (χ0n) is 38.9. The molecule has 17 nitrogen and oxygen atoms in total. The molecule has 3 saturated heterocycles. The van der Waals surface area contributed by atoms with Crippen molar-refractivity contribution in [2.45, 2.75) is 147 Å². The summed E-state index contributed by atoms with van der Waals surface area (Å²) in [5, 5.41) is 28.2. The van der Waals surface area contributed by atoms with Crippen LogP contribution in [0.2, 0.25) is 0 Å². The van der Waals surface area contributed by atoms with Crippen molar-refractivity contribution in [1.82, 2.24) is 15.2 Å². The highest BCUT2D eigenvalue weighted by Crippen LogP contribution is 2.67. The number of methoxy groups -OCH3 is 1. The summed E-state index contributed by atoms with van der Waals surface area (Å²) in [7, 11) is 1.56. The first kappa shape index (κ1) is 47.9. The van der Waals surface area contributed by atoms with Gasteiger partial charge in [-0.05, 0) is 82.6 Å². The molecule has 0 spiro atoms. The highest BCUT2D eigenvalue weighted by molar-refractivity contribution is 5.89. The first-order chi connectivity index (χ1) is 31.1. The molecule has 13 atom stereocenters. The van der Waals surface area contributed by atoms with Crippen molar-refractivity contribution in [2.75, 3.05) is 33.4 Å². The van der Waals surface area contributed by atoms with Gasteiger partial charge in [0.2, 0.25) is 0 Å². The quantitative estimate of drug-likeness (QED) is 0.163. The number of aromatic nitrogens is 1. The van der Waals surface area contributed by atoms with Crippen molar-refractivity contribution in [2.24, 2.45) is 16.7 Å². The van der Waals surface area contributed by atoms with E-state index in [0.29, 0.717) is 17.7 Å². The minimum absolute atomic E-state index is 0.109. The predicted octanol–water partition coefficient (Wildman–Crippen LogP) is 4.33. The SMILES string of the molecule is CO[C@H]1C[C@H]2OC[C@@]2(OC(C)=O)[C@H]2[C@H](OC(=O)c3ccccc3)[C@]3(O)C[C@H](OC(=O)[C@H](O)[C@@H](NC(=O)OC(C)(C)C)c4ncccc4F)C(C)=C([C@H]4O[C@@H](CN5CCC5)O[C@H]4[C@]12C)C3(C)C. The molecule has 6 aliphatic rings. The van der Waals surface area contributed by atoms with Gasteiger partial charge >= 0.3 is 24.0 Å². The monoisotopic (exact) mass is 923 g/mol. The molecule has 1 aromatic heterocycles. The molecular formula is C48H62FN3O14. The Morgan fingerprint density at radius 3 is 2.35 bits per heavy atom. The second kappa shape index (κ2) is 17.5. The molecule has 0 unspecified atom stereocenters. The van der Waals surface area contributed by atoms with E-state index in [1.165, 1.54) is 19.2 Å². The summed E-state index contributed by atoms with van der Waals surface area (Å²) in [6.45, 7) is 15.3. The van der Waals surface area contributed by atoms with Crippen LogP contribution in [0, 0.1) is 22.6 Å². The second-order valence-electron chi connectivity index (χ2n) is 20.3. The van der Waals surface area contributed by atoms with E-state index in [2.05, 4.69) is 15.2 Å². The first-order valence-electron chi connectivity index (χ1n) is 22.6. The van der Waals surface area contributed by atoms with Crippen LogP contribution in [0.15, 0.2) is 59.8 Å². The summed E-state index contributed by atoms with van der Waals surface area (Å²) < 4.78 is 66.7. The van der Waals surface area contributed by atoms with Crippen molar-refractivity contribution >= 4 is 24.0 Å². The Labute approximate surface area is 383 Å². The van der Waals surface area contributed by atoms with Crippen LogP contribution in [0.4, 0.5) is 9.18 Å². The van der Waals surface area contributed by atoms with Crippen LogP contribution >= 0.6 is 0 Å². The van der Waals surface area contributed by atoms with E-state index < -0.39 is 131 Å².